The van der Waals surface area contributed by atoms with Gasteiger partial charge in [0.1, 0.15) is 5.75 Å². The number of methoxy groups -OCH3 is 1. The average molecular weight is 362 g/mol. The van der Waals surface area contributed by atoms with Crippen molar-refractivity contribution in [2.45, 2.75) is 18.7 Å². The van der Waals surface area contributed by atoms with Gasteiger partial charge in [0.2, 0.25) is 0 Å². The van der Waals surface area contributed by atoms with Crippen LogP contribution in [-0.4, -0.2) is 20.1 Å². The van der Waals surface area contributed by atoms with Crippen LogP contribution in [0.2, 0.25) is 0 Å². The van der Waals surface area contributed by atoms with E-state index in [-0.39, 0.29) is 4.90 Å². The highest BCUT2D eigenvalue weighted by molar-refractivity contribution is 7.92. The summed E-state index contributed by atoms with van der Waals surface area (Å²) in [7, 11) is -0.690. The van der Waals surface area contributed by atoms with Gasteiger partial charge in [0.05, 0.1) is 23.2 Å². The Morgan fingerprint density at radius 3 is 2.52 bits per heavy atom. The van der Waals surface area contributed by atoms with Crippen molar-refractivity contribution in [1.82, 2.24) is 4.57 Å². The molecule has 25 heavy (non-hydrogen) atoms. The number of oxazole rings is 1. The van der Waals surface area contributed by atoms with Crippen molar-refractivity contribution in [1.29, 1.82) is 0 Å². The van der Waals surface area contributed by atoms with Gasteiger partial charge in [-0.2, -0.15) is 0 Å². The van der Waals surface area contributed by atoms with E-state index in [0.29, 0.717) is 28.1 Å². The Kier molecular flexibility index (Phi) is 4.08. The van der Waals surface area contributed by atoms with Crippen molar-refractivity contribution in [3.8, 4) is 5.75 Å². The van der Waals surface area contributed by atoms with Gasteiger partial charge in [-0.3, -0.25) is 9.29 Å². The molecule has 7 nitrogen and oxygen atoms in total. The van der Waals surface area contributed by atoms with E-state index in [4.69, 9.17) is 9.15 Å². The lowest BCUT2D eigenvalue weighted by molar-refractivity contribution is 0.411. The Labute approximate surface area is 144 Å². The predicted molar refractivity (Wildman–Crippen MR) is 94.7 cm³/mol. The molecule has 2 aromatic carbocycles. The molecule has 132 valence electrons. The van der Waals surface area contributed by atoms with E-state index in [2.05, 4.69) is 4.72 Å². The molecule has 0 spiro atoms. The van der Waals surface area contributed by atoms with Crippen LogP contribution in [0.4, 0.5) is 5.69 Å². The molecule has 0 radical (unpaired) electrons. The summed E-state index contributed by atoms with van der Waals surface area (Å²) in [5, 5.41) is 0. The second kappa shape index (κ2) is 5.96. The van der Waals surface area contributed by atoms with Gasteiger partial charge in [-0.1, -0.05) is 0 Å². The molecule has 0 atom stereocenters. The van der Waals surface area contributed by atoms with Gasteiger partial charge < -0.3 is 9.15 Å². The van der Waals surface area contributed by atoms with Crippen LogP contribution >= 0.6 is 0 Å². The first kappa shape index (κ1) is 17.1. The third-order valence-electron chi connectivity index (χ3n) is 4.03. The molecule has 0 fully saturated rings. The first-order valence-corrected chi connectivity index (χ1v) is 8.99. The molecule has 1 N–H and O–H groups in total. The maximum absolute atomic E-state index is 12.8. The fourth-order valence-corrected chi connectivity index (χ4v) is 4.03. The maximum atomic E-state index is 12.8. The molecule has 1 heterocycles. The van der Waals surface area contributed by atoms with Gasteiger partial charge >= 0.3 is 5.76 Å². The van der Waals surface area contributed by atoms with Crippen molar-refractivity contribution in [3.05, 3.63) is 52.0 Å². The molecule has 0 unspecified atom stereocenters. The Balaban J connectivity index is 2.03. The van der Waals surface area contributed by atoms with Gasteiger partial charge in [-0.15, -0.1) is 0 Å². The van der Waals surface area contributed by atoms with Gasteiger partial charge in [-0.25, -0.2) is 13.2 Å². The predicted octanol–water partition coefficient (Wildman–Crippen LogP) is 2.56. The van der Waals surface area contributed by atoms with Gasteiger partial charge in [0.25, 0.3) is 10.0 Å². The highest BCUT2D eigenvalue weighted by atomic mass is 32.2. The van der Waals surface area contributed by atoms with Crippen LogP contribution < -0.4 is 15.2 Å². The van der Waals surface area contributed by atoms with Crippen LogP contribution in [0.3, 0.4) is 0 Å². The molecule has 0 aliphatic rings. The summed E-state index contributed by atoms with van der Waals surface area (Å²) in [6.45, 7) is 3.49. The Morgan fingerprint density at radius 2 is 1.84 bits per heavy atom. The van der Waals surface area contributed by atoms with Crippen LogP contribution in [-0.2, 0) is 17.1 Å². The fourth-order valence-electron chi connectivity index (χ4n) is 2.67. The summed E-state index contributed by atoms with van der Waals surface area (Å²) in [5.41, 5.74) is 2.55. The summed E-state index contributed by atoms with van der Waals surface area (Å²) in [6, 6.07) is 7.92. The molecule has 8 heteroatoms. The Hall–Kier alpha value is -2.74. The number of hydrogen-bond donors (Lipinski definition) is 1. The highest BCUT2D eigenvalue weighted by Crippen LogP contribution is 2.27. The van der Waals surface area contributed by atoms with Crippen molar-refractivity contribution >= 4 is 26.8 Å². The number of aromatic nitrogens is 1. The molecule has 0 aliphatic heterocycles. The van der Waals surface area contributed by atoms with E-state index in [1.54, 1.807) is 58.3 Å². The lowest BCUT2D eigenvalue weighted by Gasteiger charge is -2.13. The number of benzene rings is 2. The minimum atomic E-state index is -3.79. The second-order valence-electron chi connectivity index (χ2n) is 5.80. The summed E-state index contributed by atoms with van der Waals surface area (Å²) in [4.78, 5) is 11.7. The zero-order valence-corrected chi connectivity index (χ0v) is 15.1. The van der Waals surface area contributed by atoms with E-state index in [1.165, 1.54) is 4.57 Å². The molecular formula is C17H18N2O5S. The molecule has 3 rings (SSSR count). The molecule has 0 bridgehead atoms. The zero-order chi connectivity index (χ0) is 18.4. The maximum Gasteiger partial charge on any atom is 0.419 e. The Morgan fingerprint density at radius 1 is 1.12 bits per heavy atom. The van der Waals surface area contributed by atoms with Crippen LogP contribution in [0.15, 0.2) is 44.4 Å². The van der Waals surface area contributed by atoms with Crippen LogP contribution in [0.25, 0.3) is 11.1 Å². The molecule has 0 saturated carbocycles. The molecule has 0 aliphatic carbocycles. The number of nitrogens with one attached hydrogen (secondary N) is 1. The number of fused-ring (bicyclic) bond motifs is 1. The van der Waals surface area contributed by atoms with Crippen LogP contribution in [0, 0.1) is 13.8 Å². The lowest BCUT2D eigenvalue weighted by Crippen LogP contribution is -2.15. The number of rotatable bonds is 4. The van der Waals surface area contributed by atoms with Crippen LogP contribution in [0.5, 0.6) is 5.75 Å². The summed E-state index contributed by atoms with van der Waals surface area (Å²) in [6.07, 6.45) is 0. The molecule has 0 saturated heterocycles. The number of hydrogen-bond acceptors (Lipinski definition) is 5. The summed E-state index contributed by atoms with van der Waals surface area (Å²) < 4.78 is 39.6. The molecular weight excluding hydrogens is 344 g/mol. The van der Waals surface area contributed by atoms with Crippen molar-refractivity contribution < 1.29 is 17.6 Å². The zero-order valence-electron chi connectivity index (χ0n) is 14.3. The Bertz CT molecular complexity index is 1130. The van der Waals surface area contributed by atoms with Crippen LogP contribution in [0.1, 0.15) is 11.1 Å². The van der Waals surface area contributed by atoms with Gasteiger partial charge in [-0.05, 0) is 55.3 Å². The van der Waals surface area contributed by atoms with E-state index in [0.717, 1.165) is 5.56 Å². The summed E-state index contributed by atoms with van der Waals surface area (Å²) >= 11 is 0. The topological polar surface area (TPSA) is 90.5 Å². The third kappa shape index (κ3) is 3.00. The molecule has 1 aromatic heterocycles. The van der Waals surface area contributed by atoms with Gasteiger partial charge in [0, 0.05) is 7.05 Å². The number of anilines is 1. The SMILES string of the molecule is COc1cc(C)c(S(=O)(=O)Nc2ccc3oc(=O)n(C)c3c2)cc1C. The quantitative estimate of drug-likeness (QED) is 0.770. The first-order chi connectivity index (χ1) is 11.7. The van der Waals surface area contributed by atoms with Crippen molar-refractivity contribution in [2.24, 2.45) is 7.05 Å². The summed E-state index contributed by atoms with van der Waals surface area (Å²) in [5.74, 6) is 0.128. The van der Waals surface area contributed by atoms with E-state index in [1.807, 2.05) is 0 Å². The smallest absolute Gasteiger partial charge is 0.419 e. The standard InChI is InChI=1S/C17H18N2O5S/c1-10-8-16(11(2)7-15(10)23-4)25(21,22)18-12-5-6-14-13(9-12)19(3)17(20)24-14/h5-9,18H,1-4H3. The number of nitrogens with zero attached hydrogens (tertiary/aromatic N) is 1. The van der Waals surface area contributed by atoms with Crippen molar-refractivity contribution in [3.63, 3.8) is 0 Å². The largest absolute Gasteiger partial charge is 0.496 e. The highest BCUT2D eigenvalue weighted by Gasteiger charge is 2.19. The minimum Gasteiger partial charge on any atom is -0.496 e. The number of aryl methyl sites for hydroxylation is 3. The van der Waals surface area contributed by atoms with E-state index < -0.39 is 15.8 Å². The van der Waals surface area contributed by atoms with E-state index >= 15 is 0 Å². The average Bonchev–Trinajstić information content (AvgIpc) is 2.83. The molecule has 3 aromatic rings. The third-order valence-corrected chi connectivity index (χ3v) is 5.55. The van der Waals surface area contributed by atoms with E-state index in [9.17, 15) is 13.2 Å². The first-order valence-electron chi connectivity index (χ1n) is 7.50. The molecule has 0 amide bonds. The normalized spacial score (nSPS) is 11.7. The van der Waals surface area contributed by atoms with Crippen molar-refractivity contribution in [2.75, 3.05) is 11.8 Å². The monoisotopic (exact) mass is 362 g/mol. The minimum absolute atomic E-state index is 0.173. The lowest BCUT2D eigenvalue weighted by atomic mass is 10.1. The fraction of sp³-hybridized carbons (Fsp3) is 0.235. The number of sulfonamides is 1. The van der Waals surface area contributed by atoms with Gasteiger partial charge in [0.15, 0.2) is 5.58 Å². The number of ether oxygens (including phenoxy) is 1. The second-order valence-corrected chi connectivity index (χ2v) is 7.45.